The van der Waals surface area contributed by atoms with Gasteiger partial charge in [-0.25, -0.2) is 0 Å². The zero-order valence-electron chi connectivity index (χ0n) is 13.7. The number of carbonyl (C=O) groups excluding carboxylic acids is 1. The van der Waals surface area contributed by atoms with Crippen LogP contribution in [0.3, 0.4) is 0 Å². The molecule has 2 N–H and O–H groups in total. The standard InChI is InChI=1S/C16H25N3O2S.2ClH/c20-16(13-4-1-2-6-17-13)18-12-14(15-5-3-11-22-15)19-7-9-21-10-8-19;;/h3,5,11,13-14,17H,1-2,4,6-10,12H2,(H,18,20);2*1H. The number of ether oxygens (including phenoxy) is 1. The monoisotopic (exact) mass is 395 g/mol. The van der Waals surface area contributed by atoms with Gasteiger partial charge < -0.3 is 15.4 Å². The van der Waals surface area contributed by atoms with Crippen molar-refractivity contribution in [2.45, 2.75) is 31.3 Å². The number of hydrogen-bond donors (Lipinski definition) is 2. The first-order valence-electron chi connectivity index (χ1n) is 8.21. The van der Waals surface area contributed by atoms with Gasteiger partial charge in [0.05, 0.1) is 25.3 Å². The second-order valence-corrected chi connectivity index (χ2v) is 6.91. The summed E-state index contributed by atoms with van der Waals surface area (Å²) < 4.78 is 5.45. The van der Waals surface area contributed by atoms with Crippen LogP contribution in [0.5, 0.6) is 0 Å². The van der Waals surface area contributed by atoms with Crippen LogP contribution in [-0.4, -0.2) is 56.2 Å². The lowest BCUT2D eigenvalue weighted by Gasteiger charge is -2.34. The first-order chi connectivity index (χ1) is 10.8. The summed E-state index contributed by atoms with van der Waals surface area (Å²) in [5, 5.41) is 8.58. The van der Waals surface area contributed by atoms with Gasteiger partial charge in [-0.3, -0.25) is 9.69 Å². The van der Waals surface area contributed by atoms with E-state index < -0.39 is 0 Å². The average molecular weight is 396 g/mol. The molecule has 0 saturated carbocycles. The van der Waals surface area contributed by atoms with Crippen LogP contribution in [0.1, 0.15) is 30.2 Å². The van der Waals surface area contributed by atoms with Crippen molar-refractivity contribution in [3.05, 3.63) is 22.4 Å². The van der Waals surface area contributed by atoms with Crippen LogP contribution in [0, 0.1) is 0 Å². The van der Waals surface area contributed by atoms with Gasteiger partial charge in [-0.15, -0.1) is 36.2 Å². The lowest BCUT2D eigenvalue weighted by molar-refractivity contribution is -0.124. The van der Waals surface area contributed by atoms with Gasteiger partial charge in [0.1, 0.15) is 0 Å². The summed E-state index contributed by atoms with van der Waals surface area (Å²) in [7, 11) is 0. The third kappa shape index (κ3) is 5.86. The second kappa shape index (κ2) is 11.3. The molecular formula is C16H27Cl2N3O2S. The molecule has 2 unspecified atom stereocenters. The van der Waals surface area contributed by atoms with Crippen LogP contribution in [0.15, 0.2) is 17.5 Å². The zero-order chi connectivity index (χ0) is 15.2. The maximum Gasteiger partial charge on any atom is 0.237 e. The van der Waals surface area contributed by atoms with E-state index in [2.05, 4.69) is 33.0 Å². The zero-order valence-corrected chi connectivity index (χ0v) is 16.2. The predicted octanol–water partition coefficient (Wildman–Crippen LogP) is 2.22. The molecule has 0 bridgehead atoms. The molecule has 0 aromatic carbocycles. The van der Waals surface area contributed by atoms with Gasteiger partial charge in [0.25, 0.3) is 0 Å². The Labute approximate surface area is 160 Å². The molecule has 2 aliphatic heterocycles. The molecule has 0 spiro atoms. The Morgan fingerprint density at radius 1 is 1.38 bits per heavy atom. The van der Waals surface area contributed by atoms with Crippen LogP contribution in [0.4, 0.5) is 0 Å². The van der Waals surface area contributed by atoms with E-state index in [1.54, 1.807) is 11.3 Å². The Kier molecular flexibility index (Phi) is 10.2. The van der Waals surface area contributed by atoms with Crippen molar-refractivity contribution < 1.29 is 9.53 Å². The van der Waals surface area contributed by atoms with Gasteiger partial charge in [-0.05, 0) is 30.8 Å². The van der Waals surface area contributed by atoms with Crippen LogP contribution in [-0.2, 0) is 9.53 Å². The number of hydrogen-bond acceptors (Lipinski definition) is 5. The first kappa shape index (κ1) is 21.7. The maximum absolute atomic E-state index is 12.3. The molecule has 2 atom stereocenters. The van der Waals surface area contributed by atoms with Gasteiger partial charge in [-0.2, -0.15) is 0 Å². The van der Waals surface area contributed by atoms with Crippen molar-refractivity contribution >= 4 is 42.1 Å². The van der Waals surface area contributed by atoms with Crippen LogP contribution in [0.25, 0.3) is 0 Å². The topological polar surface area (TPSA) is 53.6 Å². The highest BCUT2D eigenvalue weighted by Gasteiger charge is 2.26. The molecule has 1 aromatic rings. The molecule has 1 aromatic heterocycles. The quantitative estimate of drug-likeness (QED) is 0.802. The number of morpholine rings is 1. The van der Waals surface area contributed by atoms with Crippen molar-refractivity contribution in [2.24, 2.45) is 0 Å². The molecule has 0 radical (unpaired) electrons. The van der Waals surface area contributed by atoms with Crippen LogP contribution in [0.2, 0.25) is 0 Å². The van der Waals surface area contributed by atoms with E-state index in [-0.39, 0.29) is 42.8 Å². The van der Waals surface area contributed by atoms with E-state index in [0.29, 0.717) is 6.54 Å². The lowest BCUT2D eigenvalue weighted by atomic mass is 10.0. The normalized spacial score (nSPS) is 22.8. The van der Waals surface area contributed by atoms with Crippen molar-refractivity contribution in [1.29, 1.82) is 0 Å². The molecule has 2 aliphatic rings. The molecule has 3 rings (SSSR count). The molecule has 24 heavy (non-hydrogen) atoms. The minimum atomic E-state index is -0.0116. The molecular weight excluding hydrogens is 369 g/mol. The number of nitrogens with zero attached hydrogens (tertiary/aromatic N) is 1. The summed E-state index contributed by atoms with van der Waals surface area (Å²) >= 11 is 1.76. The summed E-state index contributed by atoms with van der Waals surface area (Å²) in [6.45, 7) is 5.05. The fraction of sp³-hybridized carbons (Fsp3) is 0.688. The van der Waals surface area contributed by atoms with Gasteiger partial charge in [0.2, 0.25) is 5.91 Å². The third-order valence-electron chi connectivity index (χ3n) is 4.45. The van der Waals surface area contributed by atoms with Gasteiger partial charge in [-0.1, -0.05) is 12.5 Å². The minimum Gasteiger partial charge on any atom is -0.379 e. The SMILES string of the molecule is Cl.Cl.O=C(NCC(c1cccs1)N1CCOCC1)C1CCCCN1. The maximum atomic E-state index is 12.3. The fourth-order valence-electron chi connectivity index (χ4n) is 3.18. The molecule has 3 heterocycles. The first-order valence-corrected chi connectivity index (χ1v) is 9.09. The second-order valence-electron chi connectivity index (χ2n) is 5.93. The fourth-order valence-corrected chi connectivity index (χ4v) is 4.04. The molecule has 2 saturated heterocycles. The molecule has 8 heteroatoms. The van der Waals surface area contributed by atoms with Gasteiger partial charge in [0.15, 0.2) is 0 Å². The lowest BCUT2D eigenvalue weighted by Crippen LogP contribution is -2.49. The number of rotatable bonds is 5. The van der Waals surface area contributed by atoms with Crippen molar-refractivity contribution in [1.82, 2.24) is 15.5 Å². The predicted molar refractivity (Wildman–Crippen MR) is 103 cm³/mol. The van der Waals surface area contributed by atoms with E-state index >= 15 is 0 Å². The summed E-state index contributed by atoms with van der Waals surface area (Å²) in [4.78, 5) is 16.1. The Hall–Kier alpha value is -0.370. The average Bonchev–Trinajstić information content (AvgIpc) is 3.11. The van der Waals surface area contributed by atoms with E-state index in [1.807, 2.05) is 0 Å². The van der Waals surface area contributed by atoms with Crippen molar-refractivity contribution in [2.75, 3.05) is 39.4 Å². The highest BCUT2D eigenvalue weighted by atomic mass is 35.5. The summed E-state index contributed by atoms with van der Waals surface area (Å²) in [6.07, 6.45) is 3.27. The molecule has 1 amide bonds. The number of amides is 1. The molecule has 5 nitrogen and oxygen atoms in total. The van der Waals surface area contributed by atoms with Crippen molar-refractivity contribution in [3.63, 3.8) is 0 Å². The van der Waals surface area contributed by atoms with E-state index in [9.17, 15) is 4.79 Å². The van der Waals surface area contributed by atoms with Gasteiger partial charge >= 0.3 is 0 Å². The summed E-state index contributed by atoms with van der Waals surface area (Å²) in [6, 6.07) is 4.49. The molecule has 138 valence electrons. The van der Waals surface area contributed by atoms with E-state index in [4.69, 9.17) is 4.74 Å². The van der Waals surface area contributed by atoms with Crippen molar-refractivity contribution in [3.8, 4) is 0 Å². The Balaban J connectivity index is 0.00000144. The van der Waals surface area contributed by atoms with Crippen LogP contribution >= 0.6 is 36.2 Å². The van der Waals surface area contributed by atoms with Crippen LogP contribution < -0.4 is 10.6 Å². The molecule has 0 aliphatic carbocycles. The largest absolute Gasteiger partial charge is 0.379 e. The van der Waals surface area contributed by atoms with E-state index in [0.717, 1.165) is 45.7 Å². The number of thiophene rings is 1. The summed E-state index contributed by atoms with van der Waals surface area (Å²) in [5.41, 5.74) is 0. The number of piperidine rings is 1. The highest BCUT2D eigenvalue weighted by Crippen LogP contribution is 2.25. The summed E-state index contributed by atoms with van der Waals surface area (Å²) in [5.74, 6) is 0.148. The smallest absolute Gasteiger partial charge is 0.237 e. The Bertz CT molecular complexity index is 464. The number of nitrogens with one attached hydrogen (secondary N) is 2. The number of halogens is 2. The third-order valence-corrected chi connectivity index (χ3v) is 5.43. The Morgan fingerprint density at radius 2 is 2.17 bits per heavy atom. The van der Waals surface area contributed by atoms with E-state index in [1.165, 1.54) is 11.3 Å². The highest BCUT2D eigenvalue weighted by molar-refractivity contribution is 7.10. The molecule has 2 fully saturated rings. The number of carbonyl (C=O) groups is 1. The Morgan fingerprint density at radius 3 is 2.79 bits per heavy atom. The van der Waals surface area contributed by atoms with Gasteiger partial charge in [0, 0.05) is 24.5 Å². The minimum absolute atomic E-state index is 0.